The minimum atomic E-state index is -1.70. The number of amides is 1. The van der Waals surface area contributed by atoms with Crippen molar-refractivity contribution in [3.63, 3.8) is 0 Å². The molecule has 0 aliphatic carbocycles. The summed E-state index contributed by atoms with van der Waals surface area (Å²) in [5.74, 6) is 0.497. The summed E-state index contributed by atoms with van der Waals surface area (Å²) in [6.07, 6.45) is 1.14. The van der Waals surface area contributed by atoms with E-state index < -0.39 is 14.4 Å². The summed E-state index contributed by atoms with van der Waals surface area (Å²) in [7, 11) is -1.70. The summed E-state index contributed by atoms with van der Waals surface area (Å²) in [6, 6.07) is 5.91. The molecule has 0 unspecified atom stereocenters. The first-order chi connectivity index (χ1) is 12.1. The normalized spacial score (nSPS) is 16.0. The summed E-state index contributed by atoms with van der Waals surface area (Å²) in [5.41, 5.74) is 1.75. The van der Waals surface area contributed by atoms with Gasteiger partial charge in [0, 0.05) is 23.7 Å². The zero-order valence-corrected chi connectivity index (χ0v) is 18.3. The number of carbonyl (C=O) groups excluding carboxylic acids is 1. The lowest BCUT2D eigenvalue weighted by molar-refractivity contribution is -0.113. The van der Waals surface area contributed by atoms with Gasteiger partial charge in [0.1, 0.15) is 0 Å². The highest BCUT2D eigenvalue weighted by Crippen LogP contribution is 2.36. The third kappa shape index (κ3) is 6.01. The van der Waals surface area contributed by atoms with E-state index in [1.807, 2.05) is 18.2 Å². The standard InChI is InChI=1S/C19H32N2O3SSi/c1-19(2,3)26(4,5)24-10-6-7-15(22)12-20-14-8-9-17-16(11-14)21-18(23)13-25-17/h8-9,11,15,20,22H,6-7,10,12-13H2,1-5H3,(H,21,23)/t15-/m0/s1. The van der Waals surface area contributed by atoms with Crippen LogP contribution in [0.2, 0.25) is 18.1 Å². The zero-order chi connectivity index (χ0) is 19.4. The Labute approximate surface area is 162 Å². The van der Waals surface area contributed by atoms with E-state index in [0.717, 1.165) is 22.7 Å². The maximum Gasteiger partial charge on any atom is 0.234 e. The van der Waals surface area contributed by atoms with Crippen molar-refractivity contribution in [3.8, 4) is 0 Å². The van der Waals surface area contributed by atoms with Gasteiger partial charge in [0.2, 0.25) is 5.91 Å². The van der Waals surface area contributed by atoms with Crippen molar-refractivity contribution in [3.05, 3.63) is 18.2 Å². The number of aliphatic hydroxyl groups excluding tert-OH is 1. The van der Waals surface area contributed by atoms with Gasteiger partial charge in [-0.3, -0.25) is 4.79 Å². The topological polar surface area (TPSA) is 70.6 Å². The highest BCUT2D eigenvalue weighted by atomic mass is 32.2. The van der Waals surface area contributed by atoms with Crippen LogP contribution in [0.5, 0.6) is 0 Å². The first kappa shape index (κ1) is 21.3. The van der Waals surface area contributed by atoms with E-state index in [9.17, 15) is 9.90 Å². The number of nitrogens with one attached hydrogen (secondary N) is 2. The van der Waals surface area contributed by atoms with Gasteiger partial charge in [0.05, 0.1) is 17.5 Å². The average Bonchev–Trinajstić information content (AvgIpc) is 2.55. The Morgan fingerprint density at radius 2 is 2.12 bits per heavy atom. The van der Waals surface area contributed by atoms with Crippen LogP contribution >= 0.6 is 11.8 Å². The highest BCUT2D eigenvalue weighted by molar-refractivity contribution is 8.00. The van der Waals surface area contributed by atoms with E-state index in [1.165, 1.54) is 0 Å². The Balaban J connectivity index is 1.71. The monoisotopic (exact) mass is 396 g/mol. The van der Waals surface area contributed by atoms with Crippen LogP contribution < -0.4 is 10.6 Å². The van der Waals surface area contributed by atoms with Crippen LogP contribution in [0.15, 0.2) is 23.1 Å². The average molecular weight is 397 g/mol. The van der Waals surface area contributed by atoms with Gasteiger partial charge in [-0.15, -0.1) is 11.8 Å². The highest BCUT2D eigenvalue weighted by Gasteiger charge is 2.36. The summed E-state index contributed by atoms with van der Waals surface area (Å²) in [4.78, 5) is 12.6. The molecule has 0 aromatic heterocycles. The van der Waals surface area contributed by atoms with Crippen molar-refractivity contribution in [2.45, 2.75) is 62.7 Å². The lowest BCUT2D eigenvalue weighted by Crippen LogP contribution is -2.41. The molecule has 2 rings (SSSR count). The van der Waals surface area contributed by atoms with Gasteiger partial charge in [0.25, 0.3) is 0 Å². The van der Waals surface area contributed by atoms with Crippen LogP contribution in [0.25, 0.3) is 0 Å². The molecule has 0 radical (unpaired) electrons. The molecule has 1 atom stereocenters. The predicted octanol–water partition coefficient (Wildman–Crippen LogP) is 4.31. The summed E-state index contributed by atoms with van der Waals surface area (Å²) >= 11 is 1.55. The van der Waals surface area contributed by atoms with Gasteiger partial charge < -0.3 is 20.2 Å². The Morgan fingerprint density at radius 1 is 1.38 bits per heavy atom. The Kier molecular flexibility index (Phi) is 7.18. The van der Waals surface area contributed by atoms with Crippen LogP contribution in [-0.2, 0) is 9.22 Å². The molecular formula is C19H32N2O3SSi. The molecule has 146 valence electrons. The molecule has 1 amide bonds. The van der Waals surface area contributed by atoms with E-state index in [0.29, 0.717) is 25.3 Å². The number of anilines is 2. The van der Waals surface area contributed by atoms with E-state index in [2.05, 4.69) is 44.5 Å². The molecule has 5 nitrogen and oxygen atoms in total. The van der Waals surface area contributed by atoms with Crippen LogP contribution in [0.1, 0.15) is 33.6 Å². The molecule has 7 heteroatoms. The minimum absolute atomic E-state index is 0.0291. The molecule has 0 bridgehead atoms. The SMILES string of the molecule is CC(C)(C)[Si](C)(C)OCCC[C@H](O)CNc1ccc2c(c1)NC(=O)CS2. The lowest BCUT2D eigenvalue weighted by Gasteiger charge is -2.36. The second-order valence-electron chi connectivity index (χ2n) is 8.33. The number of benzene rings is 1. The summed E-state index contributed by atoms with van der Waals surface area (Å²) < 4.78 is 6.14. The van der Waals surface area contributed by atoms with Gasteiger partial charge in [-0.25, -0.2) is 0 Å². The molecule has 1 aliphatic rings. The van der Waals surface area contributed by atoms with Crippen molar-refractivity contribution in [1.29, 1.82) is 0 Å². The number of hydrogen-bond acceptors (Lipinski definition) is 5. The fraction of sp³-hybridized carbons (Fsp3) is 0.632. The smallest absolute Gasteiger partial charge is 0.234 e. The van der Waals surface area contributed by atoms with Crippen LogP contribution in [-0.4, -0.2) is 44.3 Å². The molecule has 0 fully saturated rings. The van der Waals surface area contributed by atoms with Crippen LogP contribution in [0.3, 0.4) is 0 Å². The van der Waals surface area contributed by atoms with Gasteiger partial charge >= 0.3 is 0 Å². The molecule has 1 aromatic rings. The van der Waals surface area contributed by atoms with E-state index in [1.54, 1.807) is 11.8 Å². The number of thioether (sulfide) groups is 1. The van der Waals surface area contributed by atoms with Gasteiger partial charge in [-0.1, -0.05) is 20.8 Å². The second-order valence-corrected chi connectivity index (χ2v) is 14.2. The third-order valence-electron chi connectivity index (χ3n) is 5.11. The van der Waals surface area contributed by atoms with Crippen molar-refractivity contribution in [1.82, 2.24) is 0 Å². The van der Waals surface area contributed by atoms with Crippen molar-refractivity contribution < 1.29 is 14.3 Å². The molecule has 0 saturated heterocycles. The van der Waals surface area contributed by atoms with Gasteiger partial charge in [-0.05, 0) is 49.2 Å². The molecule has 3 N–H and O–H groups in total. The first-order valence-electron chi connectivity index (χ1n) is 9.21. The number of carbonyl (C=O) groups is 1. The van der Waals surface area contributed by atoms with Crippen LogP contribution in [0.4, 0.5) is 11.4 Å². The first-order valence-corrected chi connectivity index (χ1v) is 13.1. The number of aliphatic hydroxyl groups is 1. The number of fused-ring (bicyclic) bond motifs is 1. The fourth-order valence-electron chi connectivity index (χ4n) is 2.39. The maximum atomic E-state index is 11.5. The molecule has 0 saturated carbocycles. The van der Waals surface area contributed by atoms with E-state index in [-0.39, 0.29) is 10.9 Å². The molecule has 1 heterocycles. The largest absolute Gasteiger partial charge is 0.417 e. The van der Waals surface area contributed by atoms with Gasteiger partial charge in [-0.2, -0.15) is 0 Å². The molecule has 1 aromatic carbocycles. The molecule has 1 aliphatic heterocycles. The van der Waals surface area contributed by atoms with E-state index >= 15 is 0 Å². The third-order valence-corrected chi connectivity index (χ3v) is 10.7. The van der Waals surface area contributed by atoms with Crippen molar-refractivity contribution in [2.75, 3.05) is 29.5 Å². The van der Waals surface area contributed by atoms with E-state index in [4.69, 9.17) is 4.43 Å². The minimum Gasteiger partial charge on any atom is -0.417 e. The quantitative estimate of drug-likeness (QED) is 0.451. The molecule has 0 spiro atoms. The summed E-state index contributed by atoms with van der Waals surface area (Å²) in [6.45, 7) is 12.4. The molecular weight excluding hydrogens is 364 g/mol. The lowest BCUT2D eigenvalue weighted by atomic mass is 10.2. The number of hydrogen-bond donors (Lipinski definition) is 3. The second kappa shape index (κ2) is 8.78. The summed E-state index contributed by atoms with van der Waals surface area (Å²) in [5, 5.41) is 16.5. The Hall–Kier alpha value is -1.02. The zero-order valence-electron chi connectivity index (χ0n) is 16.5. The maximum absolute atomic E-state index is 11.5. The predicted molar refractivity (Wildman–Crippen MR) is 113 cm³/mol. The van der Waals surface area contributed by atoms with Crippen LogP contribution in [0, 0.1) is 0 Å². The Bertz CT molecular complexity index is 632. The van der Waals surface area contributed by atoms with Crippen molar-refractivity contribution >= 4 is 37.4 Å². The molecule has 26 heavy (non-hydrogen) atoms. The Morgan fingerprint density at radius 3 is 2.81 bits per heavy atom. The van der Waals surface area contributed by atoms with Crippen molar-refractivity contribution in [2.24, 2.45) is 0 Å². The number of rotatable bonds is 8. The van der Waals surface area contributed by atoms with Gasteiger partial charge in [0.15, 0.2) is 8.32 Å². The fourth-order valence-corrected chi connectivity index (χ4v) is 4.27.